The molecule has 4 N–H and O–H groups in total. The zero-order valence-electron chi connectivity index (χ0n) is 10.1. The predicted octanol–water partition coefficient (Wildman–Crippen LogP) is -1.49. The molecule has 4 atom stereocenters. The summed E-state index contributed by atoms with van der Waals surface area (Å²) < 4.78 is 6.12. The molecule has 9 heteroatoms. The molecule has 110 valence electrons. The number of aliphatic hydroxyl groups is 3. The molecule has 2 heterocycles. The minimum atomic E-state index is -1.50. The van der Waals surface area contributed by atoms with E-state index in [4.69, 9.17) is 4.74 Å². The normalized spacial score (nSPS) is 30.8. The van der Waals surface area contributed by atoms with Gasteiger partial charge >= 0.3 is 5.69 Å². The Kier molecular flexibility index (Phi) is 4.55. The van der Waals surface area contributed by atoms with Gasteiger partial charge in [-0.15, -0.1) is 0 Å². The molecule has 0 amide bonds. The van der Waals surface area contributed by atoms with Crippen molar-refractivity contribution in [1.29, 1.82) is 0 Å². The summed E-state index contributed by atoms with van der Waals surface area (Å²) in [5, 5.41) is 28.8. The summed E-state index contributed by atoms with van der Waals surface area (Å²) in [7, 11) is 0. The van der Waals surface area contributed by atoms with Crippen LogP contribution in [0.3, 0.4) is 0 Å². The van der Waals surface area contributed by atoms with Crippen LogP contribution in [0.25, 0.3) is 6.08 Å². The van der Waals surface area contributed by atoms with Crippen molar-refractivity contribution in [2.45, 2.75) is 24.5 Å². The van der Waals surface area contributed by atoms with Crippen molar-refractivity contribution in [1.82, 2.24) is 9.55 Å². The maximum absolute atomic E-state index is 11.8. The van der Waals surface area contributed by atoms with E-state index in [1.807, 2.05) is 0 Å². The van der Waals surface area contributed by atoms with Crippen LogP contribution in [-0.4, -0.2) is 49.8 Å². The third-order valence-corrected chi connectivity index (χ3v) is 3.25. The number of nitrogens with zero attached hydrogens (tertiary/aromatic N) is 1. The lowest BCUT2D eigenvalue weighted by molar-refractivity contribution is -0.212. The van der Waals surface area contributed by atoms with Crippen molar-refractivity contribution >= 4 is 22.0 Å². The smallest absolute Gasteiger partial charge is 0.330 e. The van der Waals surface area contributed by atoms with Gasteiger partial charge in [-0.1, -0.05) is 15.9 Å². The van der Waals surface area contributed by atoms with Crippen LogP contribution in [0.1, 0.15) is 11.8 Å². The molecule has 1 fully saturated rings. The van der Waals surface area contributed by atoms with Gasteiger partial charge in [0, 0.05) is 6.20 Å². The predicted molar refractivity (Wildman–Crippen MR) is 72.3 cm³/mol. The average Bonchev–Trinajstić information content (AvgIpc) is 2.40. The summed E-state index contributed by atoms with van der Waals surface area (Å²) in [5.74, 6) is 0. The Hall–Kier alpha value is -1.26. The lowest BCUT2D eigenvalue weighted by atomic mass is 10.0. The van der Waals surface area contributed by atoms with Gasteiger partial charge in [0.15, 0.2) is 6.23 Å². The topological polar surface area (TPSA) is 125 Å². The Labute approximate surface area is 121 Å². The number of aliphatic hydroxyl groups excluding tert-OH is 3. The van der Waals surface area contributed by atoms with Crippen molar-refractivity contribution in [2.24, 2.45) is 0 Å². The van der Waals surface area contributed by atoms with Gasteiger partial charge in [0.25, 0.3) is 5.56 Å². The molecular formula is C11H13BrN2O6. The number of hydrogen-bond donors (Lipinski definition) is 4. The molecule has 0 radical (unpaired) electrons. The largest absolute Gasteiger partial charge is 0.388 e. The second-order valence-electron chi connectivity index (χ2n) is 4.32. The fraction of sp³-hybridized carbons (Fsp3) is 0.455. The molecule has 1 aromatic rings. The van der Waals surface area contributed by atoms with Gasteiger partial charge in [-0.3, -0.25) is 14.3 Å². The number of nitrogens with one attached hydrogen (secondary N) is 1. The second kappa shape index (κ2) is 6.02. The van der Waals surface area contributed by atoms with E-state index in [2.05, 4.69) is 20.9 Å². The van der Waals surface area contributed by atoms with Crippen molar-refractivity contribution < 1.29 is 20.1 Å². The maximum Gasteiger partial charge on any atom is 0.330 e. The summed E-state index contributed by atoms with van der Waals surface area (Å²) in [4.78, 5) is 26.8. The van der Waals surface area contributed by atoms with Gasteiger partial charge in [-0.05, 0) is 11.1 Å². The van der Waals surface area contributed by atoms with Crippen LogP contribution in [0.15, 0.2) is 20.8 Å². The highest BCUT2D eigenvalue weighted by atomic mass is 79.9. The molecule has 0 unspecified atom stereocenters. The molecule has 1 aliphatic heterocycles. The fourth-order valence-corrected chi connectivity index (χ4v) is 2.20. The van der Waals surface area contributed by atoms with E-state index >= 15 is 0 Å². The Bertz CT molecular complexity index is 624. The van der Waals surface area contributed by atoms with Crippen molar-refractivity contribution in [2.75, 3.05) is 6.61 Å². The van der Waals surface area contributed by atoms with E-state index in [0.29, 0.717) is 0 Å². The Balaban J connectivity index is 2.45. The molecule has 1 saturated heterocycles. The Morgan fingerprint density at radius 3 is 2.70 bits per heavy atom. The number of rotatable bonds is 2. The van der Waals surface area contributed by atoms with Crippen LogP contribution < -0.4 is 11.2 Å². The summed E-state index contributed by atoms with van der Waals surface area (Å²) in [6.07, 6.45) is -2.75. The number of halogens is 1. The van der Waals surface area contributed by atoms with E-state index in [1.165, 1.54) is 17.3 Å². The first kappa shape index (κ1) is 15.1. The van der Waals surface area contributed by atoms with E-state index < -0.39 is 35.8 Å². The van der Waals surface area contributed by atoms with Gasteiger partial charge in [0.1, 0.15) is 18.3 Å². The highest BCUT2D eigenvalue weighted by Crippen LogP contribution is 2.22. The summed E-state index contributed by atoms with van der Waals surface area (Å²) in [5.41, 5.74) is -1.21. The number of hydrogen-bond acceptors (Lipinski definition) is 6. The molecular weight excluding hydrogens is 336 g/mol. The van der Waals surface area contributed by atoms with Crippen LogP contribution in [0.5, 0.6) is 0 Å². The standard InChI is InChI=1S/C11H13BrN2O6/c12-2-1-5-3-14(11(19)13-9(5)18)10-8(17)7(16)6(15)4-20-10/h1-3,6-8,10,15-17H,4H2,(H,13,18,19)/t6-,7-,8+,10-/m1/s1. The minimum Gasteiger partial charge on any atom is -0.388 e. The van der Waals surface area contributed by atoms with Gasteiger partial charge in [0.2, 0.25) is 0 Å². The van der Waals surface area contributed by atoms with Crippen LogP contribution in [0, 0.1) is 0 Å². The molecule has 20 heavy (non-hydrogen) atoms. The third kappa shape index (κ3) is 2.76. The van der Waals surface area contributed by atoms with Crippen LogP contribution in [0.2, 0.25) is 0 Å². The quantitative estimate of drug-likeness (QED) is 0.516. The van der Waals surface area contributed by atoms with Crippen LogP contribution >= 0.6 is 15.9 Å². The average molecular weight is 349 g/mol. The van der Waals surface area contributed by atoms with Crippen molar-refractivity contribution in [3.8, 4) is 0 Å². The lowest BCUT2D eigenvalue weighted by Gasteiger charge is -2.35. The summed E-state index contributed by atoms with van der Waals surface area (Å²) in [6, 6.07) is 0. The molecule has 2 rings (SSSR count). The molecule has 8 nitrogen and oxygen atoms in total. The SMILES string of the molecule is O=c1[nH]c(=O)n([C@@H]2OC[C@@H](O)[C@@H](O)[C@@H]2O)cc1C=CBr. The molecule has 0 spiro atoms. The first-order chi connectivity index (χ1) is 9.45. The fourth-order valence-electron chi connectivity index (χ4n) is 1.91. The Morgan fingerprint density at radius 2 is 2.05 bits per heavy atom. The van der Waals surface area contributed by atoms with Gasteiger partial charge in [-0.25, -0.2) is 4.79 Å². The monoisotopic (exact) mass is 348 g/mol. The van der Waals surface area contributed by atoms with Crippen LogP contribution in [-0.2, 0) is 4.74 Å². The zero-order valence-corrected chi connectivity index (χ0v) is 11.7. The highest BCUT2D eigenvalue weighted by molar-refractivity contribution is 9.11. The number of aromatic nitrogens is 2. The van der Waals surface area contributed by atoms with Gasteiger partial charge < -0.3 is 20.1 Å². The first-order valence-electron chi connectivity index (χ1n) is 5.73. The minimum absolute atomic E-state index is 0.165. The summed E-state index contributed by atoms with van der Waals surface area (Å²) in [6.45, 7) is -0.238. The zero-order chi connectivity index (χ0) is 14.9. The molecule has 1 aromatic heterocycles. The lowest BCUT2D eigenvalue weighted by Crippen LogP contribution is -2.52. The van der Waals surface area contributed by atoms with Crippen molar-refractivity contribution in [3.63, 3.8) is 0 Å². The number of ether oxygens (including phenoxy) is 1. The van der Waals surface area contributed by atoms with Gasteiger partial charge in [-0.2, -0.15) is 0 Å². The van der Waals surface area contributed by atoms with Gasteiger partial charge in [0.05, 0.1) is 12.2 Å². The molecule has 0 aromatic carbocycles. The number of H-pyrrole nitrogens is 1. The number of aromatic amines is 1. The third-order valence-electron chi connectivity index (χ3n) is 2.99. The molecule has 0 aliphatic carbocycles. The molecule has 1 aliphatic rings. The van der Waals surface area contributed by atoms with E-state index in [0.717, 1.165) is 4.57 Å². The highest BCUT2D eigenvalue weighted by Gasteiger charge is 2.39. The van der Waals surface area contributed by atoms with E-state index in [1.54, 1.807) is 0 Å². The molecule has 0 bridgehead atoms. The molecule has 0 saturated carbocycles. The second-order valence-corrected chi connectivity index (χ2v) is 4.84. The van der Waals surface area contributed by atoms with E-state index in [9.17, 15) is 24.9 Å². The van der Waals surface area contributed by atoms with Crippen molar-refractivity contribution in [3.05, 3.63) is 37.6 Å². The summed E-state index contributed by atoms with van der Waals surface area (Å²) >= 11 is 3.01. The maximum atomic E-state index is 11.8. The first-order valence-corrected chi connectivity index (χ1v) is 6.65. The Morgan fingerprint density at radius 1 is 1.35 bits per heavy atom. The van der Waals surface area contributed by atoms with Crippen LogP contribution in [0.4, 0.5) is 0 Å². The van der Waals surface area contributed by atoms with E-state index in [-0.39, 0.29) is 12.2 Å².